The van der Waals surface area contributed by atoms with Crippen molar-refractivity contribution in [2.75, 3.05) is 4.90 Å². The molecule has 0 spiro atoms. The van der Waals surface area contributed by atoms with Crippen molar-refractivity contribution < 1.29 is 19.8 Å². The molecule has 2 N–H and O–H groups in total. The number of hydrogen-bond acceptors (Lipinski definition) is 4. The van der Waals surface area contributed by atoms with E-state index >= 15 is 0 Å². The van der Waals surface area contributed by atoms with Crippen LogP contribution in [0.15, 0.2) is 65.1 Å². The predicted octanol–water partition coefficient (Wildman–Crippen LogP) is 4.78. The Morgan fingerprint density at radius 3 is 2.55 bits per heavy atom. The Morgan fingerprint density at radius 2 is 1.81 bits per heavy atom. The Hall–Kier alpha value is -2.96. The van der Waals surface area contributed by atoms with Crippen LogP contribution < -0.4 is 4.90 Å². The number of rotatable bonds is 5. The molecular formula is C25H22BrNO4. The van der Waals surface area contributed by atoms with Crippen LogP contribution in [-0.4, -0.2) is 21.9 Å². The van der Waals surface area contributed by atoms with Gasteiger partial charge in [0.15, 0.2) is 11.4 Å². The average Bonchev–Trinajstić information content (AvgIpc) is 2.92. The lowest BCUT2D eigenvalue weighted by Gasteiger charge is -2.23. The number of aromatic hydroxyl groups is 1. The zero-order chi connectivity index (χ0) is 22.3. The highest BCUT2D eigenvalue weighted by Crippen LogP contribution is 2.45. The van der Waals surface area contributed by atoms with Crippen molar-refractivity contribution in [1.29, 1.82) is 0 Å². The minimum atomic E-state index is -2.02. The largest absolute Gasteiger partial charge is 0.507 e. The molecule has 4 rings (SSSR count). The zero-order valence-corrected chi connectivity index (χ0v) is 18.8. The molecule has 1 atom stereocenters. The molecule has 158 valence electrons. The molecule has 1 aliphatic rings. The number of para-hydroxylation sites is 1. The van der Waals surface area contributed by atoms with Gasteiger partial charge in [-0.25, -0.2) is 0 Å². The van der Waals surface area contributed by atoms with E-state index in [9.17, 15) is 19.8 Å². The van der Waals surface area contributed by atoms with Gasteiger partial charge in [-0.05, 0) is 55.3 Å². The van der Waals surface area contributed by atoms with E-state index < -0.39 is 23.7 Å². The molecule has 6 heteroatoms. The van der Waals surface area contributed by atoms with Crippen molar-refractivity contribution >= 4 is 33.3 Å². The van der Waals surface area contributed by atoms with E-state index in [4.69, 9.17) is 0 Å². The molecule has 0 fully saturated rings. The van der Waals surface area contributed by atoms with Crippen LogP contribution in [-0.2, 0) is 16.9 Å². The number of benzene rings is 3. The molecule has 0 aliphatic carbocycles. The van der Waals surface area contributed by atoms with E-state index in [-0.39, 0.29) is 17.9 Å². The van der Waals surface area contributed by atoms with Gasteiger partial charge in [0.1, 0.15) is 5.75 Å². The molecule has 0 aromatic heterocycles. The summed E-state index contributed by atoms with van der Waals surface area (Å²) in [4.78, 5) is 28.0. The van der Waals surface area contributed by atoms with Gasteiger partial charge in [0.2, 0.25) is 0 Å². The van der Waals surface area contributed by atoms with E-state index in [1.807, 2.05) is 32.0 Å². The highest BCUT2D eigenvalue weighted by atomic mass is 79.9. The van der Waals surface area contributed by atoms with Crippen LogP contribution in [0.4, 0.5) is 5.69 Å². The standard InChI is InChI=1S/C25H22BrNO4/c1-15-7-8-16(2)17(11-15)14-27-21-10-9-18(26)12-20(21)25(31,24(27)30)13-23(29)19-5-3-4-6-22(19)28/h3-12,28,31H,13-14H2,1-2H3. The predicted molar refractivity (Wildman–Crippen MR) is 122 cm³/mol. The van der Waals surface area contributed by atoms with Crippen LogP contribution in [0.3, 0.4) is 0 Å². The Bertz CT molecular complexity index is 1210. The van der Waals surface area contributed by atoms with Crippen molar-refractivity contribution in [1.82, 2.24) is 0 Å². The number of aliphatic hydroxyl groups is 1. The van der Waals surface area contributed by atoms with Crippen molar-refractivity contribution in [3.8, 4) is 5.75 Å². The van der Waals surface area contributed by atoms with E-state index in [0.717, 1.165) is 16.7 Å². The molecule has 5 nitrogen and oxygen atoms in total. The second kappa shape index (κ2) is 7.94. The molecule has 31 heavy (non-hydrogen) atoms. The lowest BCUT2D eigenvalue weighted by Crippen LogP contribution is -2.41. The quantitative estimate of drug-likeness (QED) is 0.516. The van der Waals surface area contributed by atoms with Gasteiger partial charge in [0, 0.05) is 10.0 Å². The summed E-state index contributed by atoms with van der Waals surface area (Å²) < 4.78 is 0.695. The number of anilines is 1. The van der Waals surface area contributed by atoms with Crippen LogP contribution in [0.25, 0.3) is 0 Å². The number of halogens is 1. The molecular weight excluding hydrogens is 458 g/mol. The fourth-order valence-electron chi connectivity index (χ4n) is 4.03. The van der Waals surface area contributed by atoms with Crippen LogP contribution in [0.2, 0.25) is 0 Å². The summed E-state index contributed by atoms with van der Waals surface area (Å²) in [5.74, 6) is -1.23. The Balaban J connectivity index is 1.75. The summed E-state index contributed by atoms with van der Waals surface area (Å²) in [6.07, 6.45) is -0.462. The third-order valence-corrected chi connectivity index (χ3v) is 6.24. The second-order valence-electron chi connectivity index (χ2n) is 7.96. The molecule has 1 heterocycles. The first-order chi connectivity index (χ1) is 14.7. The van der Waals surface area contributed by atoms with Gasteiger partial charge >= 0.3 is 0 Å². The van der Waals surface area contributed by atoms with Crippen molar-refractivity contribution in [3.63, 3.8) is 0 Å². The number of phenolic OH excluding ortho intramolecular Hbond substituents is 1. The number of hydrogen-bond donors (Lipinski definition) is 2. The lowest BCUT2D eigenvalue weighted by molar-refractivity contribution is -0.136. The Kier molecular flexibility index (Phi) is 5.45. The van der Waals surface area contributed by atoms with Gasteiger partial charge < -0.3 is 15.1 Å². The highest BCUT2D eigenvalue weighted by molar-refractivity contribution is 9.10. The van der Waals surface area contributed by atoms with E-state index in [0.29, 0.717) is 15.7 Å². The summed E-state index contributed by atoms with van der Waals surface area (Å²) in [7, 11) is 0. The van der Waals surface area contributed by atoms with Crippen LogP contribution in [0.1, 0.15) is 39.0 Å². The van der Waals surface area contributed by atoms with Gasteiger partial charge in [0.05, 0.1) is 24.2 Å². The van der Waals surface area contributed by atoms with Crippen LogP contribution in [0, 0.1) is 13.8 Å². The summed E-state index contributed by atoms with van der Waals surface area (Å²) in [5.41, 5.74) is 2.09. The third-order valence-electron chi connectivity index (χ3n) is 5.75. The Labute approximate surface area is 189 Å². The first-order valence-electron chi connectivity index (χ1n) is 9.92. The number of amides is 1. The van der Waals surface area contributed by atoms with Crippen molar-refractivity contribution in [2.45, 2.75) is 32.4 Å². The number of fused-ring (bicyclic) bond motifs is 1. The topological polar surface area (TPSA) is 77.8 Å². The smallest absolute Gasteiger partial charge is 0.264 e. The minimum absolute atomic E-state index is 0.0771. The fraction of sp³-hybridized carbons (Fsp3) is 0.200. The monoisotopic (exact) mass is 479 g/mol. The zero-order valence-electron chi connectivity index (χ0n) is 17.2. The maximum Gasteiger partial charge on any atom is 0.264 e. The van der Waals surface area contributed by atoms with Crippen molar-refractivity contribution in [3.05, 3.63) is 93.0 Å². The molecule has 1 amide bonds. The summed E-state index contributed by atoms with van der Waals surface area (Å²) in [5, 5.41) is 21.6. The van der Waals surface area contributed by atoms with E-state index in [2.05, 4.69) is 15.9 Å². The summed E-state index contributed by atoms with van der Waals surface area (Å²) >= 11 is 3.40. The molecule has 3 aromatic rings. The maximum absolute atomic E-state index is 13.5. The van der Waals surface area contributed by atoms with Gasteiger partial charge in [-0.3, -0.25) is 9.59 Å². The maximum atomic E-state index is 13.5. The molecule has 1 unspecified atom stereocenters. The second-order valence-corrected chi connectivity index (χ2v) is 8.88. The van der Waals surface area contributed by atoms with Crippen molar-refractivity contribution in [2.24, 2.45) is 0 Å². The van der Waals surface area contributed by atoms with Gasteiger partial charge in [-0.15, -0.1) is 0 Å². The lowest BCUT2D eigenvalue weighted by atomic mass is 9.88. The molecule has 0 saturated heterocycles. The van der Waals surface area contributed by atoms with Gasteiger partial charge in [0.25, 0.3) is 5.91 Å². The normalized spacial score (nSPS) is 17.7. The van der Waals surface area contributed by atoms with Crippen LogP contribution in [0.5, 0.6) is 5.75 Å². The van der Waals surface area contributed by atoms with Crippen LogP contribution >= 0.6 is 15.9 Å². The SMILES string of the molecule is Cc1ccc(C)c(CN2C(=O)C(O)(CC(=O)c3ccccc3O)c3cc(Br)ccc32)c1. The highest BCUT2D eigenvalue weighted by Gasteiger charge is 2.51. The van der Waals surface area contributed by atoms with Gasteiger partial charge in [-0.1, -0.05) is 51.8 Å². The third kappa shape index (κ3) is 3.77. The number of phenols is 1. The van der Waals surface area contributed by atoms with Gasteiger partial charge in [-0.2, -0.15) is 0 Å². The molecule has 3 aromatic carbocycles. The number of nitrogens with zero attached hydrogens (tertiary/aromatic N) is 1. The van der Waals surface area contributed by atoms with E-state index in [1.54, 1.807) is 30.3 Å². The molecule has 0 radical (unpaired) electrons. The number of carbonyl (C=O) groups is 2. The van der Waals surface area contributed by atoms with E-state index in [1.165, 1.54) is 17.0 Å². The average molecular weight is 480 g/mol. The number of Topliss-reactive ketones (excluding diaryl/α,β-unsaturated/α-hetero) is 1. The summed E-state index contributed by atoms with van der Waals surface area (Å²) in [6, 6.07) is 17.4. The first kappa shape index (κ1) is 21.3. The fourth-order valence-corrected chi connectivity index (χ4v) is 4.39. The molecule has 1 aliphatic heterocycles. The first-order valence-corrected chi connectivity index (χ1v) is 10.7. The Morgan fingerprint density at radius 1 is 1.06 bits per heavy atom. The number of aryl methyl sites for hydroxylation is 2. The molecule has 0 bridgehead atoms. The number of ketones is 1. The molecule has 0 saturated carbocycles. The summed E-state index contributed by atoms with van der Waals surface area (Å²) in [6.45, 7) is 4.25. The number of carbonyl (C=O) groups excluding carboxylic acids is 2. The minimum Gasteiger partial charge on any atom is -0.507 e.